The number of hydrogen-bond donors (Lipinski definition) is 1. The van der Waals surface area contributed by atoms with Gasteiger partial charge in [0.2, 0.25) is 5.91 Å². The van der Waals surface area contributed by atoms with E-state index in [1.807, 2.05) is 0 Å². The molecule has 15 heavy (non-hydrogen) atoms. The maximum absolute atomic E-state index is 11.6. The van der Waals surface area contributed by atoms with E-state index in [9.17, 15) is 9.59 Å². The highest BCUT2D eigenvalue weighted by Crippen LogP contribution is 2.19. The van der Waals surface area contributed by atoms with Crippen molar-refractivity contribution in [2.75, 3.05) is 13.6 Å². The summed E-state index contributed by atoms with van der Waals surface area (Å²) < 4.78 is 0. The second-order valence-electron chi connectivity index (χ2n) is 4.26. The van der Waals surface area contributed by atoms with Crippen LogP contribution in [0.15, 0.2) is 0 Å². The molecule has 0 heterocycles. The molecule has 0 aromatic rings. The number of carbonyl (C=O) groups is 2. The number of amides is 1. The quantitative estimate of drug-likeness (QED) is 0.732. The lowest BCUT2D eigenvalue weighted by atomic mass is 9.90. The summed E-state index contributed by atoms with van der Waals surface area (Å²) in [5, 5.41) is 8.54. The topological polar surface area (TPSA) is 57.6 Å². The maximum atomic E-state index is 11.6. The molecule has 0 aliphatic carbocycles. The molecule has 0 rings (SSSR count). The van der Waals surface area contributed by atoms with Crippen molar-refractivity contribution in [3.05, 3.63) is 0 Å². The third kappa shape index (κ3) is 5.40. The first-order valence-corrected chi connectivity index (χ1v) is 5.34. The molecule has 0 saturated carbocycles. The van der Waals surface area contributed by atoms with Crippen LogP contribution in [0.3, 0.4) is 0 Å². The van der Waals surface area contributed by atoms with E-state index in [-0.39, 0.29) is 12.5 Å². The molecule has 1 unspecified atom stereocenters. The van der Waals surface area contributed by atoms with Crippen molar-refractivity contribution in [2.45, 2.75) is 33.6 Å². The third-order valence-corrected chi connectivity index (χ3v) is 2.70. The molecule has 1 N–H and O–H groups in total. The van der Waals surface area contributed by atoms with Crippen molar-refractivity contribution in [3.63, 3.8) is 0 Å². The number of hydrogen-bond acceptors (Lipinski definition) is 2. The minimum Gasteiger partial charge on any atom is -0.480 e. The Kier molecular flexibility index (Phi) is 5.97. The van der Waals surface area contributed by atoms with Gasteiger partial charge in [0.15, 0.2) is 0 Å². The number of rotatable bonds is 6. The van der Waals surface area contributed by atoms with Crippen molar-refractivity contribution >= 4 is 11.9 Å². The van der Waals surface area contributed by atoms with E-state index in [1.165, 1.54) is 11.9 Å². The first kappa shape index (κ1) is 13.9. The van der Waals surface area contributed by atoms with Crippen LogP contribution in [0, 0.1) is 11.8 Å². The highest BCUT2D eigenvalue weighted by molar-refractivity contribution is 5.81. The van der Waals surface area contributed by atoms with Crippen LogP contribution >= 0.6 is 0 Å². The van der Waals surface area contributed by atoms with Crippen molar-refractivity contribution < 1.29 is 14.7 Å². The molecule has 0 aliphatic rings. The molecular formula is C11H21NO3. The second-order valence-corrected chi connectivity index (χ2v) is 4.26. The van der Waals surface area contributed by atoms with Gasteiger partial charge in [-0.2, -0.15) is 0 Å². The molecule has 4 heteroatoms. The van der Waals surface area contributed by atoms with E-state index in [0.717, 1.165) is 6.42 Å². The first-order valence-electron chi connectivity index (χ1n) is 5.34. The molecule has 0 aliphatic heterocycles. The molecule has 0 fully saturated rings. The van der Waals surface area contributed by atoms with Gasteiger partial charge in [-0.1, -0.05) is 27.2 Å². The molecule has 1 atom stereocenters. The summed E-state index contributed by atoms with van der Waals surface area (Å²) in [5.74, 6) is -0.257. The molecule has 0 spiro atoms. The third-order valence-electron chi connectivity index (χ3n) is 2.70. The molecule has 4 nitrogen and oxygen atoms in total. The van der Waals surface area contributed by atoms with Crippen LogP contribution in [0.4, 0.5) is 0 Å². The Morgan fingerprint density at radius 2 is 1.87 bits per heavy atom. The van der Waals surface area contributed by atoms with Gasteiger partial charge in [0.05, 0.1) is 0 Å². The Bertz CT molecular complexity index is 226. The van der Waals surface area contributed by atoms with Crippen LogP contribution in [0.2, 0.25) is 0 Å². The number of carboxylic acid groups (broad SMARTS) is 1. The summed E-state index contributed by atoms with van der Waals surface area (Å²) in [6.07, 6.45) is 1.39. The molecule has 0 bridgehead atoms. The molecular weight excluding hydrogens is 194 g/mol. The lowest BCUT2D eigenvalue weighted by Gasteiger charge is -2.21. The van der Waals surface area contributed by atoms with Gasteiger partial charge >= 0.3 is 5.97 Å². The van der Waals surface area contributed by atoms with Crippen LogP contribution in [-0.2, 0) is 9.59 Å². The van der Waals surface area contributed by atoms with Crippen LogP contribution < -0.4 is 0 Å². The van der Waals surface area contributed by atoms with Crippen molar-refractivity contribution in [2.24, 2.45) is 11.8 Å². The first-order chi connectivity index (χ1) is 6.88. The summed E-state index contributed by atoms with van der Waals surface area (Å²) in [4.78, 5) is 23.3. The fourth-order valence-corrected chi connectivity index (χ4v) is 1.52. The fraction of sp³-hybridized carbons (Fsp3) is 0.818. The van der Waals surface area contributed by atoms with E-state index < -0.39 is 5.97 Å². The summed E-state index contributed by atoms with van der Waals surface area (Å²) in [5.41, 5.74) is 0. The molecule has 0 saturated heterocycles. The van der Waals surface area contributed by atoms with Gasteiger partial charge in [-0.15, -0.1) is 0 Å². The number of aliphatic carboxylic acids is 1. The van der Waals surface area contributed by atoms with Gasteiger partial charge in [0, 0.05) is 13.5 Å². The largest absolute Gasteiger partial charge is 0.480 e. The maximum Gasteiger partial charge on any atom is 0.323 e. The van der Waals surface area contributed by atoms with Crippen LogP contribution in [0.25, 0.3) is 0 Å². The van der Waals surface area contributed by atoms with Gasteiger partial charge in [-0.25, -0.2) is 0 Å². The van der Waals surface area contributed by atoms with E-state index in [1.54, 1.807) is 0 Å². The Balaban J connectivity index is 4.15. The summed E-state index contributed by atoms with van der Waals surface area (Å²) in [6.45, 7) is 6.00. The zero-order valence-corrected chi connectivity index (χ0v) is 9.99. The van der Waals surface area contributed by atoms with Crippen molar-refractivity contribution in [3.8, 4) is 0 Å². The average Bonchev–Trinajstić information content (AvgIpc) is 2.11. The van der Waals surface area contributed by atoms with Crippen molar-refractivity contribution in [1.29, 1.82) is 0 Å². The minimum atomic E-state index is -0.969. The second kappa shape index (κ2) is 6.43. The highest BCUT2D eigenvalue weighted by atomic mass is 16.4. The summed E-state index contributed by atoms with van der Waals surface area (Å²) in [7, 11) is 1.53. The van der Waals surface area contributed by atoms with Gasteiger partial charge < -0.3 is 10.0 Å². The smallest absolute Gasteiger partial charge is 0.323 e. The monoisotopic (exact) mass is 215 g/mol. The molecule has 1 amide bonds. The SMILES string of the molecule is CCC(CC(=O)N(C)CC(=O)O)C(C)C. The number of carboxylic acids is 1. The average molecular weight is 215 g/mol. The number of carbonyl (C=O) groups excluding carboxylic acids is 1. The normalized spacial score (nSPS) is 12.6. The Hall–Kier alpha value is -1.06. The van der Waals surface area contributed by atoms with Gasteiger partial charge in [-0.3, -0.25) is 9.59 Å². The van der Waals surface area contributed by atoms with Gasteiger partial charge in [-0.05, 0) is 11.8 Å². The lowest BCUT2D eigenvalue weighted by Crippen LogP contribution is -2.33. The predicted octanol–water partition coefficient (Wildman–Crippen LogP) is 1.60. The Labute approximate surface area is 91.3 Å². The summed E-state index contributed by atoms with van der Waals surface area (Å²) >= 11 is 0. The van der Waals surface area contributed by atoms with Gasteiger partial charge in [0.1, 0.15) is 6.54 Å². The van der Waals surface area contributed by atoms with Crippen molar-refractivity contribution in [1.82, 2.24) is 4.90 Å². The molecule has 0 radical (unpaired) electrons. The highest BCUT2D eigenvalue weighted by Gasteiger charge is 2.19. The molecule has 0 aromatic carbocycles. The van der Waals surface area contributed by atoms with E-state index >= 15 is 0 Å². The standard InChI is InChI=1S/C11H21NO3/c1-5-9(8(2)3)6-10(13)12(4)7-11(14)15/h8-9H,5-7H2,1-4H3,(H,14,15). The number of nitrogens with zero attached hydrogens (tertiary/aromatic N) is 1. The minimum absolute atomic E-state index is 0.0852. The number of likely N-dealkylation sites (N-methyl/N-ethyl adjacent to an activating group) is 1. The fourth-order valence-electron chi connectivity index (χ4n) is 1.52. The van der Waals surface area contributed by atoms with E-state index in [4.69, 9.17) is 5.11 Å². The van der Waals surface area contributed by atoms with Crippen LogP contribution in [-0.4, -0.2) is 35.5 Å². The predicted molar refractivity (Wildman–Crippen MR) is 58.5 cm³/mol. The molecule has 88 valence electrons. The lowest BCUT2D eigenvalue weighted by molar-refractivity contribution is -0.143. The molecule has 0 aromatic heterocycles. The Morgan fingerprint density at radius 1 is 1.33 bits per heavy atom. The van der Waals surface area contributed by atoms with Crippen LogP contribution in [0.5, 0.6) is 0 Å². The van der Waals surface area contributed by atoms with Gasteiger partial charge in [0.25, 0.3) is 0 Å². The Morgan fingerprint density at radius 3 is 2.20 bits per heavy atom. The zero-order valence-electron chi connectivity index (χ0n) is 9.99. The van der Waals surface area contributed by atoms with E-state index in [2.05, 4.69) is 20.8 Å². The van der Waals surface area contributed by atoms with E-state index in [0.29, 0.717) is 18.3 Å². The summed E-state index contributed by atoms with van der Waals surface area (Å²) in [6, 6.07) is 0. The van der Waals surface area contributed by atoms with Crippen LogP contribution in [0.1, 0.15) is 33.6 Å². The zero-order chi connectivity index (χ0) is 12.0.